The predicted octanol–water partition coefficient (Wildman–Crippen LogP) is 1.99. The first-order valence-corrected chi connectivity index (χ1v) is 8.11. The molecule has 0 atom stereocenters. The maximum atomic E-state index is 9.01. The van der Waals surface area contributed by atoms with Gasteiger partial charge in [0.25, 0.3) is 0 Å². The van der Waals surface area contributed by atoms with Crippen molar-refractivity contribution in [3.05, 3.63) is 35.9 Å². The first kappa shape index (κ1) is 17.8. The summed E-state index contributed by atoms with van der Waals surface area (Å²) in [5.74, 6) is 1.99. The molecule has 1 aromatic heterocycles. The minimum absolute atomic E-state index is 0.0299. The van der Waals surface area contributed by atoms with Gasteiger partial charge < -0.3 is 26.0 Å². The maximum absolute atomic E-state index is 9.01. The Balaban J connectivity index is 2.31. The summed E-state index contributed by atoms with van der Waals surface area (Å²) < 4.78 is 0. The third kappa shape index (κ3) is 4.73. The van der Waals surface area contributed by atoms with E-state index in [9.17, 15) is 0 Å². The summed E-state index contributed by atoms with van der Waals surface area (Å²) in [4.78, 5) is 11.1. The van der Waals surface area contributed by atoms with E-state index in [0.29, 0.717) is 19.0 Å². The van der Waals surface area contributed by atoms with Crippen LogP contribution in [-0.4, -0.2) is 48.9 Å². The van der Waals surface area contributed by atoms with E-state index in [2.05, 4.69) is 38.1 Å². The van der Waals surface area contributed by atoms with Gasteiger partial charge >= 0.3 is 0 Å². The van der Waals surface area contributed by atoms with E-state index in [4.69, 9.17) is 5.11 Å². The Kier molecular flexibility index (Phi) is 6.62. The summed E-state index contributed by atoms with van der Waals surface area (Å²) in [6.07, 6.45) is 0. The van der Waals surface area contributed by atoms with Crippen LogP contribution in [0.4, 0.5) is 23.3 Å². The average Bonchev–Trinajstić information content (AvgIpc) is 2.58. The summed E-state index contributed by atoms with van der Waals surface area (Å²) in [5.41, 5.74) is 2.08. The Morgan fingerprint density at radius 1 is 1.00 bits per heavy atom. The Labute approximate surface area is 143 Å². The van der Waals surface area contributed by atoms with Crippen LogP contribution in [0.3, 0.4) is 0 Å². The molecule has 0 radical (unpaired) electrons. The molecule has 0 amide bonds. The van der Waals surface area contributed by atoms with E-state index in [1.807, 2.05) is 44.1 Å². The second-order valence-electron chi connectivity index (χ2n) is 5.51. The zero-order valence-corrected chi connectivity index (χ0v) is 14.5. The Morgan fingerprint density at radius 2 is 1.67 bits per heavy atom. The van der Waals surface area contributed by atoms with Crippen molar-refractivity contribution in [1.29, 1.82) is 0 Å². The number of nitrogens with one attached hydrogen (secondary N) is 3. The minimum atomic E-state index is 0.0299. The highest BCUT2D eigenvalue weighted by molar-refractivity contribution is 5.79. The minimum Gasteiger partial charge on any atom is -0.395 e. The van der Waals surface area contributed by atoms with Crippen LogP contribution < -0.4 is 20.9 Å². The molecule has 0 aliphatic carbocycles. The smallest absolute Gasteiger partial charge is 0.226 e. The van der Waals surface area contributed by atoms with Crippen LogP contribution in [0.15, 0.2) is 30.3 Å². The highest BCUT2D eigenvalue weighted by Gasteiger charge is 2.16. The highest BCUT2D eigenvalue weighted by Crippen LogP contribution is 2.31. The van der Waals surface area contributed by atoms with Crippen LogP contribution in [0.1, 0.15) is 12.5 Å². The Morgan fingerprint density at radius 3 is 2.25 bits per heavy atom. The number of aliphatic hydroxyl groups excluding tert-OH is 1. The van der Waals surface area contributed by atoms with Gasteiger partial charge in [-0.25, -0.2) is 0 Å². The summed E-state index contributed by atoms with van der Waals surface area (Å²) in [6, 6.07) is 10.2. The second kappa shape index (κ2) is 8.93. The molecule has 0 aliphatic heterocycles. The topological polar surface area (TPSA) is 85.3 Å². The van der Waals surface area contributed by atoms with Crippen molar-refractivity contribution >= 4 is 23.3 Å². The van der Waals surface area contributed by atoms with Gasteiger partial charge in [0, 0.05) is 33.7 Å². The number of benzene rings is 1. The van der Waals surface area contributed by atoms with Gasteiger partial charge in [-0.05, 0) is 12.5 Å². The summed E-state index contributed by atoms with van der Waals surface area (Å²) in [6.45, 7) is 3.89. The zero-order valence-electron chi connectivity index (χ0n) is 14.5. The predicted molar refractivity (Wildman–Crippen MR) is 99.9 cm³/mol. The fraction of sp³-hybridized carbons (Fsp3) is 0.412. The van der Waals surface area contributed by atoms with E-state index in [0.717, 1.165) is 23.9 Å². The van der Waals surface area contributed by atoms with E-state index in [-0.39, 0.29) is 6.61 Å². The number of aromatic nitrogens is 2. The van der Waals surface area contributed by atoms with Gasteiger partial charge in [0.15, 0.2) is 11.6 Å². The molecule has 0 saturated carbocycles. The molecule has 7 heteroatoms. The fourth-order valence-corrected chi connectivity index (χ4v) is 2.32. The lowest BCUT2D eigenvalue weighted by Crippen LogP contribution is -2.19. The van der Waals surface area contributed by atoms with Crippen molar-refractivity contribution in [2.45, 2.75) is 13.5 Å². The molecule has 130 valence electrons. The van der Waals surface area contributed by atoms with Crippen LogP contribution in [-0.2, 0) is 6.54 Å². The monoisotopic (exact) mass is 330 g/mol. The molecule has 1 heterocycles. The number of anilines is 4. The second-order valence-corrected chi connectivity index (χ2v) is 5.51. The van der Waals surface area contributed by atoms with E-state index >= 15 is 0 Å². The van der Waals surface area contributed by atoms with Gasteiger partial charge in [-0.15, -0.1) is 0 Å². The van der Waals surface area contributed by atoms with E-state index < -0.39 is 0 Å². The number of rotatable bonds is 9. The van der Waals surface area contributed by atoms with Gasteiger partial charge in [-0.3, -0.25) is 0 Å². The lowest BCUT2D eigenvalue weighted by atomic mass is 10.2. The number of nitrogens with zero attached hydrogens (tertiary/aromatic N) is 3. The summed E-state index contributed by atoms with van der Waals surface area (Å²) in [5, 5.41) is 18.7. The van der Waals surface area contributed by atoms with Gasteiger partial charge in [0.1, 0.15) is 5.69 Å². The molecule has 0 unspecified atom stereocenters. The Bertz CT molecular complexity index is 632. The standard InChI is InChI=1S/C17H26N6O/c1-4-18-15-14(23(2)3)16(22-17(21-15)19-10-11-24)20-12-13-8-6-5-7-9-13/h5-9,24H,4,10-12H2,1-3H3,(H3,18,19,20,21,22). The van der Waals surface area contributed by atoms with E-state index in [1.54, 1.807) is 0 Å². The third-order valence-electron chi connectivity index (χ3n) is 3.37. The number of hydrogen-bond donors (Lipinski definition) is 4. The highest BCUT2D eigenvalue weighted by atomic mass is 16.3. The van der Waals surface area contributed by atoms with Crippen LogP contribution in [0, 0.1) is 0 Å². The van der Waals surface area contributed by atoms with Crippen molar-refractivity contribution in [3.63, 3.8) is 0 Å². The van der Waals surface area contributed by atoms with Gasteiger partial charge in [0.05, 0.1) is 6.61 Å². The first-order chi connectivity index (χ1) is 11.7. The maximum Gasteiger partial charge on any atom is 0.226 e. The molecule has 4 N–H and O–H groups in total. The quantitative estimate of drug-likeness (QED) is 0.559. The number of hydrogen-bond acceptors (Lipinski definition) is 7. The van der Waals surface area contributed by atoms with Crippen LogP contribution >= 0.6 is 0 Å². The molecular formula is C17H26N6O. The van der Waals surface area contributed by atoms with Crippen molar-refractivity contribution in [1.82, 2.24) is 9.97 Å². The zero-order chi connectivity index (χ0) is 17.4. The van der Waals surface area contributed by atoms with Gasteiger partial charge in [-0.1, -0.05) is 30.3 Å². The molecule has 2 rings (SSSR count). The molecule has 1 aromatic carbocycles. The molecule has 0 saturated heterocycles. The lowest BCUT2D eigenvalue weighted by Gasteiger charge is -2.22. The number of aliphatic hydroxyl groups is 1. The lowest BCUT2D eigenvalue weighted by molar-refractivity contribution is 0.311. The molecule has 7 nitrogen and oxygen atoms in total. The normalized spacial score (nSPS) is 10.3. The van der Waals surface area contributed by atoms with Gasteiger partial charge in [0.2, 0.25) is 5.95 Å². The first-order valence-electron chi connectivity index (χ1n) is 8.11. The van der Waals surface area contributed by atoms with E-state index in [1.165, 1.54) is 5.56 Å². The van der Waals surface area contributed by atoms with Crippen LogP contribution in [0.25, 0.3) is 0 Å². The van der Waals surface area contributed by atoms with Crippen molar-refractivity contribution in [2.75, 3.05) is 54.6 Å². The fourth-order valence-electron chi connectivity index (χ4n) is 2.32. The van der Waals surface area contributed by atoms with Gasteiger partial charge in [-0.2, -0.15) is 9.97 Å². The molecule has 24 heavy (non-hydrogen) atoms. The molecule has 2 aromatic rings. The average molecular weight is 330 g/mol. The molecule has 0 bridgehead atoms. The van der Waals surface area contributed by atoms with Crippen molar-refractivity contribution in [3.8, 4) is 0 Å². The SMILES string of the molecule is CCNc1nc(NCCO)nc(NCc2ccccc2)c1N(C)C. The van der Waals surface area contributed by atoms with Crippen molar-refractivity contribution < 1.29 is 5.11 Å². The Hall–Kier alpha value is -2.54. The molecular weight excluding hydrogens is 304 g/mol. The molecule has 0 aliphatic rings. The van der Waals surface area contributed by atoms with Crippen LogP contribution in [0.5, 0.6) is 0 Å². The molecule has 0 fully saturated rings. The third-order valence-corrected chi connectivity index (χ3v) is 3.37. The van der Waals surface area contributed by atoms with Crippen LogP contribution in [0.2, 0.25) is 0 Å². The summed E-state index contributed by atoms with van der Waals surface area (Å²) >= 11 is 0. The van der Waals surface area contributed by atoms with Crippen molar-refractivity contribution in [2.24, 2.45) is 0 Å². The summed E-state index contributed by atoms with van der Waals surface area (Å²) in [7, 11) is 3.93. The molecule has 0 spiro atoms. The largest absolute Gasteiger partial charge is 0.395 e.